The van der Waals surface area contributed by atoms with Crippen molar-refractivity contribution in [2.24, 2.45) is 5.92 Å². The van der Waals surface area contributed by atoms with Crippen LogP contribution in [0.5, 0.6) is 0 Å². The van der Waals surface area contributed by atoms with Gasteiger partial charge in [0.25, 0.3) is 5.91 Å². The van der Waals surface area contributed by atoms with E-state index in [4.69, 9.17) is 4.74 Å². The standard InChI is InChI=1S/C29H35FN4O6/c1-18(2)32-28(38)25(35)23(16-21-9-6-14-31-26(21)36)33-27(37)24(15-19-10-12-22(30)13-11-19)34-29(39)40-17-20-7-4-3-5-8-20/h3-5,7-8,10-13,18,21,23-24H,6,9,14-17H2,1-2H3,(H,31,36)(H,32,38)(H,33,37)(H,34,39)/t21-,23+,24+/m1/s1. The molecule has 1 aliphatic heterocycles. The molecule has 0 saturated carbocycles. The second-order valence-electron chi connectivity index (χ2n) is 10.0. The Labute approximate surface area is 232 Å². The van der Waals surface area contributed by atoms with Crippen LogP contribution in [0.3, 0.4) is 0 Å². The zero-order valence-corrected chi connectivity index (χ0v) is 22.6. The summed E-state index contributed by atoms with van der Waals surface area (Å²) in [6.45, 7) is 3.86. The molecule has 3 rings (SSSR count). The molecule has 1 heterocycles. The van der Waals surface area contributed by atoms with Crippen LogP contribution in [0.15, 0.2) is 54.6 Å². The molecule has 0 radical (unpaired) electrons. The Balaban J connectivity index is 1.78. The van der Waals surface area contributed by atoms with Gasteiger partial charge in [-0.3, -0.25) is 19.2 Å². The van der Waals surface area contributed by atoms with Crippen molar-refractivity contribution < 1.29 is 33.1 Å². The van der Waals surface area contributed by atoms with Gasteiger partial charge in [-0.25, -0.2) is 9.18 Å². The van der Waals surface area contributed by atoms with E-state index in [2.05, 4.69) is 21.3 Å². The summed E-state index contributed by atoms with van der Waals surface area (Å²) in [4.78, 5) is 64.1. The third-order valence-corrected chi connectivity index (χ3v) is 6.37. The van der Waals surface area contributed by atoms with Gasteiger partial charge in [0, 0.05) is 24.9 Å². The fraction of sp³-hybridized carbons (Fsp3) is 0.414. The van der Waals surface area contributed by atoms with E-state index in [1.807, 2.05) is 6.07 Å². The lowest BCUT2D eigenvalue weighted by atomic mass is 9.89. The number of rotatable bonds is 12. The van der Waals surface area contributed by atoms with Crippen molar-refractivity contribution in [3.8, 4) is 0 Å². The molecule has 1 aliphatic rings. The molecule has 2 aromatic carbocycles. The molecular formula is C29H35FN4O6. The van der Waals surface area contributed by atoms with Gasteiger partial charge in [0.15, 0.2) is 0 Å². The van der Waals surface area contributed by atoms with E-state index in [9.17, 15) is 28.4 Å². The summed E-state index contributed by atoms with van der Waals surface area (Å²) in [6, 6.07) is 11.5. The van der Waals surface area contributed by atoms with Crippen LogP contribution >= 0.6 is 0 Å². The molecule has 2 aromatic rings. The van der Waals surface area contributed by atoms with Gasteiger partial charge in [-0.05, 0) is 56.4 Å². The average molecular weight is 555 g/mol. The Morgan fingerprint density at radius 1 is 0.950 bits per heavy atom. The Morgan fingerprint density at radius 3 is 2.30 bits per heavy atom. The van der Waals surface area contributed by atoms with Crippen LogP contribution in [-0.4, -0.2) is 54.3 Å². The number of hydrogen-bond donors (Lipinski definition) is 4. The fourth-order valence-corrected chi connectivity index (χ4v) is 4.31. The van der Waals surface area contributed by atoms with E-state index in [1.54, 1.807) is 38.1 Å². The van der Waals surface area contributed by atoms with Crippen molar-refractivity contribution in [2.75, 3.05) is 6.54 Å². The summed E-state index contributed by atoms with van der Waals surface area (Å²) < 4.78 is 18.7. The predicted molar refractivity (Wildman–Crippen MR) is 144 cm³/mol. The molecular weight excluding hydrogens is 519 g/mol. The number of nitrogens with one attached hydrogen (secondary N) is 4. The molecule has 0 aliphatic carbocycles. The number of alkyl carbamates (subject to hydrolysis) is 1. The Kier molecular flexibility index (Phi) is 11.2. The first kappa shape index (κ1) is 30.3. The monoisotopic (exact) mass is 554 g/mol. The SMILES string of the molecule is CC(C)NC(=O)C(=O)[C@H](C[C@H]1CCCNC1=O)NC(=O)[C@H](Cc1ccc(F)cc1)NC(=O)OCc1ccccc1. The van der Waals surface area contributed by atoms with Crippen molar-refractivity contribution in [1.82, 2.24) is 21.3 Å². The van der Waals surface area contributed by atoms with Crippen LogP contribution in [0.1, 0.15) is 44.2 Å². The molecule has 1 saturated heterocycles. The van der Waals surface area contributed by atoms with Crippen LogP contribution in [0.25, 0.3) is 0 Å². The van der Waals surface area contributed by atoms with Crippen molar-refractivity contribution in [1.29, 1.82) is 0 Å². The van der Waals surface area contributed by atoms with Gasteiger partial charge in [-0.15, -0.1) is 0 Å². The Hall–Kier alpha value is -4.28. The first-order valence-electron chi connectivity index (χ1n) is 13.3. The molecule has 40 heavy (non-hydrogen) atoms. The highest BCUT2D eigenvalue weighted by Crippen LogP contribution is 2.18. The first-order valence-corrected chi connectivity index (χ1v) is 13.3. The van der Waals surface area contributed by atoms with Crippen molar-refractivity contribution >= 4 is 29.6 Å². The lowest BCUT2D eigenvalue weighted by Crippen LogP contribution is -2.56. The number of ketones is 1. The second-order valence-corrected chi connectivity index (χ2v) is 10.0. The summed E-state index contributed by atoms with van der Waals surface area (Å²) in [5.41, 5.74) is 1.28. The average Bonchev–Trinajstić information content (AvgIpc) is 2.93. The van der Waals surface area contributed by atoms with Gasteiger partial charge in [0.05, 0.1) is 6.04 Å². The molecule has 0 unspecified atom stereocenters. The first-order chi connectivity index (χ1) is 19.1. The van der Waals surface area contributed by atoms with E-state index < -0.39 is 47.5 Å². The number of Topliss-reactive ketones (excluding diaryl/α,β-unsaturated/α-hetero) is 1. The smallest absolute Gasteiger partial charge is 0.408 e. The summed E-state index contributed by atoms with van der Waals surface area (Å²) in [5.74, 6) is -3.84. The number of halogens is 1. The Bertz CT molecular complexity index is 1190. The molecule has 0 bridgehead atoms. The topological polar surface area (TPSA) is 143 Å². The number of amides is 4. The maximum Gasteiger partial charge on any atom is 0.408 e. The minimum atomic E-state index is -1.31. The highest BCUT2D eigenvalue weighted by molar-refractivity contribution is 6.38. The zero-order valence-electron chi connectivity index (χ0n) is 22.6. The summed E-state index contributed by atoms with van der Waals surface area (Å²) in [7, 11) is 0. The summed E-state index contributed by atoms with van der Waals surface area (Å²) >= 11 is 0. The van der Waals surface area contributed by atoms with E-state index >= 15 is 0 Å². The van der Waals surface area contributed by atoms with Crippen LogP contribution < -0.4 is 21.3 Å². The maximum atomic E-state index is 13.5. The second kappa shape index (κ2) is 14.8. The molecule has 4 N–H and O–H groups in total. The molecule has 1 fully saturated rings. The van der Waals surface area contributed by atoms with Gasteiger partial charge in [-0.1, -0.05) is 42.5 Å². The van der Waals surface area contributed by atoms with Crippen molar-refractivity contribution in [3.05, 3.63) is 71.5 Å². The fourth-order valence-electron chi connectivity index (χ4n) is 4.31. The minimum Gasteiger partial charge on any atom is -0.445 e. The van der Waals surface area contributed by atoms with Crippen molar-refractivity contribution in [2.45, 2.75) is 64.3 Å². The van der Waals surface area contributed by atoms with Gasteiger partial charge in [0.2, 0.25) is 17.6 Å². The van der Waals surface area contributed by atoms with Crippen LogP contribution in [-0.2, 0) is 36.9 Å². The van der Waals surface area contributed by atoms with Gasteiger partial charge in [-0.2, -0.15) is 0 Å². The van der Waals surface area contributed by atoms with Crippen LogP contribution in [0.4, 0.5) is 9.18 Å². The number of piperidine rings is 1. The molecule has 0 aromatic heterocycles. The third-order valence-electron chi connectivity index (χ3n) is 6.37. The molecule has 11 heteroatoms. The highest BCUT2D eigenvalue weighted by atomic mass is 19.1. The number of hydrogen-bond acceptors (Lipinski definition) is 6. The van der Waals surface area contributed by atoms with Crippen molar-refractivity contribution in [3.63, 3.8) is 0 Å². The van der Waals surface area contributed by atoms with E-state index in [0.29, 0.717) is 24.9 Å². The summed E-state index contributed by atoms with van der Waals surface area (Å²) in [6.07, 6.45) is 0.198. The molecule has 4 amide bonds. The largest absolute Gasteiger partial charge is 0.445 e. The van der Waals surface area contributed by atoms with Gasteiger partial charge < -0.3 is 26.0 Å². The van der Waals surface area contributed by atoms with Crippen LogP contribution in [0.2, 0.25) is 0 Å². The zero-order chi connectivity index (χ0) is 29.1. The Morgan fingerprint density at radius 2 is 1.65 bits per heavy atom. The van der Waals surface area contributed by atoms with Gasteiger partial charge >= 0.3 is 6.09 Å². The lowest BCUT2D eigenvalue weighted by molar-refractivity contribution is -0.141. The molecule has 10 nitrogen and oxygen atoms in total. The summed E-state index contributed by atoms with van der Waals surface area (Å²) in [5, 5.41) is 10.3. The van der Waals surface area contributed by atoms with E-state index in [-0.39, 0.29) is 31.4 Å². The maximum absolute atomic E-state index is 13.5. The molecule has 3 atom stereocenters. The quantitative estimate of drug-likeness (QED) is 0.296. The predicted octanol–water partition coefficient (Wildman–Crippen LogP) is 2.16. The number of carbonyl (C=O) groups excluding carboxylic acids is 5. The number of carbonyl (C=O) groups is 5. The number of benzene rings is 2. The van der Waals surface area contributed by atoms with Crippen LogP contribution in [0, 0.1) is 11.7 Å². The molecule has 214 valence electrons. The van der Waals surface area contributed by atoms with E-state index in [0.717, 1.165) is 5.56 Å². The van der Waals surface area contributed by atoms with E-state index in [1.165, 1.54) is 24.3 Å². The molecule has 0 spiro atoms. The number of ether oxygens (including phenoxy) is 1. The third kappa shape index (κ3) is 9.48. The highest BCUT2D eigenvalue weighted by Gasteiger charge is 2.35. The van der Waals surface area contributed by atoms with Gasteiger partial charge in [0.1, 0.15) is 18.5 Å². The minimum absolute atomic E-state index is 0.0369. The lowest BCUT2D eigenvalue weighted by Gasteiger charge is -2.27. The normalized spacial score (nSPS) is 16.3.